The molecular formula is C19H24N4O2. The molecule has 1 aromatic carbocycles. The number of hydrogen-bond donors (Lipinski definition) is 1. The van der Waals surface area contributed by atoms with E-state index in [1.54, 1.807) is 4.90 Å². The van der Waals surface area contributed by atoms with Gasteiger partial charge >= 0.3 is 0 Å². The van der Waals surface area contributed by atoms with Gasteiger partial charge in [0.05, 0.1) is 11.4 Å². The summed E-state index contributed by atoms with van der Waals surface area (Å²) in [4.78, 5) is 15.7. The van der Waals surface area contributed by atoms with Crippen LogP contribution in [0.1, 0.15) is 23.4 Å². The average Bonchev–Trinajstić information content (AvgIpc) is 3.26. The Bertz CT molecular complexity index is 748. The third-order valence-corrected chi connectivity index (χ3v) is 5.25. The van der Waals surface area contributed by atoms with E-state index in [1.807, 2.05) is 6.07 Å². The Balaban J connectivity index is 1.50. The number of aromatic nitrogens is 2. The lowest BCUT2D eigenvalue weighted by Gasteiger charge is -2.34. The van der Waals surface area contributed by atoms with Crippen LogP contribution in [0.4, 0.5) is 0 Å². The maximum absolute atomic E-state index is 11.6. The number of aliphatic hydroxyl groups is 1. The Morgan fingerprint density at radius 3 is 2.56 bits per heavy atom. The maximum atomic E-state index is 11.6. The lowest BCUT2D eigenvalue weighted by Crippen LogP contribution is -2.49. The van der Waals surface area contributed by atoms with Crippen LogP contribution in [0.2, 0.25) is 0 Å². The van der Waals surface area contributed by atoms with Crippen LogP contribution >= 0.6 is 0 Å². The predicted octanol–water partition coefficient (Wildman–Crippen LogP) is 0.997. The largest absolute Gasteiger partial charge is 0.387 e. The van der Waals surface area contributed by atoms with Gasteiger partial charge in [-0.3, -0.25) is 9.69 Å². The summed E-state index contributed by atoms with van der Waals surface area (Å²) >= 11 is 0. The van der Waals surface area contributed by atoms with E-state index in [-0.39, 0.29) is 5.91 Å². The number of nitrogens with zero attached hydrogens (tertiary/aromatic N) is 4. The first-order valence-electron chi connectivity index (χ1n) is 9.02. The molecule has 0 saturated carbocycles. The molecule has 1 saturated heterocycles. The summed E-state index contributed by atoms with van der Waals surface area (Å²) in [5.41, 5.74) is 5.08. The number of fused-ring (bicyclic) bond motifs is 1. The molecule has 1 N–H and O–H groups in total. The van der Waals surface area contributed by atoms with Crippen molar-refractivity contribution in [1.29, 1.82) is 0 Å². The van der Waals surface area contributed by atoms with Gasteiger partial charge < -0.3 is 10.0 Å². The van der Waals surface area contributed by atoms with Crippen molar-refractivity contribution in [3.8, 4) is 5.69 Å². The van der Waals surface area contributed by atoms with Crippen LogP contribution in [0.5, 0.6) is 0 Å². The van der Waals surface area contributed by atoms with Crippen molar-refractivity contribution in [1.82, 2.24) is 19.6 Å². The first-order chi connectivity index (χ1) is 12.3. The molecule has 1 aliphatic heterocycles. The van der Waals surface area contributed by atoms with E-state index in [1.165, 1.54) is 23.4 Å². The van der Waals surface area contributed by atoms with E-state index >= 15 is 0 Å². The van der Waals surface area contributed by atoms with Gasteiger partial charge in [0.15, 0.2) is 0 Å². The molecule has 2 heterocycles. The molecule has 0 bridgehead atoms. The summed E-state index contributed by atoms with van der Waals surface area (Å²) in [6.45, 7) is 3.47. The van der Waals surface area contributed by atoms with Gasteiger partial charge in [0.25, 0.3) is 0 Å². The zero-order chi connectivity index (χ0) is 17.2. The van der Waals surface area contributed by atoms with Crippen LogP contribution in [-0.4, -0.2) is 63.4 Å². The van der Waals surface area contributed by atoms with E-state index in [9.17, 15) is 4.79 Å². The number of carbonyl (C=O) groups excluding carboxylic acids is 1. The fourth-order valence-electron chi connectivity index (χ4n) is 3.89. The smallest absolute Gasteiger partial charge is 0.248 e. The molecular weight excluding hydrogens is 316 g/mol. The molecule has 0 spiro atoms. The second-order valence-electron chi connectivity index (χ2n) is 6.79. The third kappa shape index (κ3) is 3.19. The summed E-state index contributed by atoms with van der Waals surface area (Å²) < 4.78 is 2.11. The molecule has 6 nitrogen and oxygen atoms in total. The molecule has 0 unspecified atom stereocenters. The summed E-state index contributed by atoms with van der Waals surface area (Å²) in [7, 11) is 0. The normalized spacial score (nSPS) is 17.7. The van der Waals surface area contributed by atoms with E-state index in [0.717, 1.165) is 38.2 Å². The summed E-state index contributed by atoms with van der Waals surface area (Å²) in [6.07, 6.45) is 3.41. The number of rotatable bonds is 4. The topological polar surface area (TPSA) is 61.6 Å². The van der Waals surface area contributed by atoms with Crippen LogP contribution in [0, 0.1) is 0 Å². The predicted molar refractivity (Wildman–Crippen MR) is 94.5 cm³/mol. The summed E-state index contributed by atoms with van der Waals surface area (Å²) in [6, 6.07) is 10.3. The van der Waals surface area contributed by atoms with Gasteiger partial charge in [-0.15, -0.1) is 0 Å². The molecule has 1 fully saturated rings. The number of amides is 1. The molecule has 0 atom stereocenters. The average molecular weight is 340 g/mol. The van der Waals surface area contributed by atoms with Gasteiger partial charge in [0, 0.05) is 38.4 Å². The number of carbonyl (C=O) groups is 1. The number of benzene rings is 1. The minimum Gasteiger partial charge on any atom is -0.387 e. The molecule has 0 radical (unpaired) electrons. The highest BCUT2D eigenvalue weighted by Gasteiger charge is 2.26. The van der Waals surface area contributed by atoms with Gasteiger partial charge in [-0.05, 0) is 37.0 Å². The monoisotopic (exact) mass is 340 g/mol. The first-order valence-corrected chi connectivity index (χ1v) is 9.02. The highest BCUT2D eigenvalue weighted by Crippen LogP contribution is 2.28. The Labute approximate surface area is 147 Å². The summed E-state index contributed by atoms with van der Waals surface area (Å²) in [5, 5.41) is 13.9. The van der Waals surface area contributed by atoms with Gasteiger partial charge in [0.2, 0.25) is 5.91 Å². The van der Waals surface area contributed by atoms with Crippen molar-refractivity contribution in [2.24, 2.45) is 0 Å². The van der Waals surface area contributed by atoms with Crippen LogP contribution in [0.3, 0.4) is 0 Å². The zero-order valence-electron chi connectivity index (χ0n) is 14.4. The molecule has 1 amide bonds. The second kappa shape index (κ2) is 6.98. The molecule has 6 heteroatoms. The van der Waals surface area contributed by atoms with E-state index in [4.69, 9.17) is 10.2 Å². The number of para-hydroxylation sites is 1. The van der Waals surface area contributed by atoms with Crippen molar-refractivity contribution in [2.45, 2.75) is 25.8 Å². The molecule has 4 rings (SSSR count). The van der Waals surface area contributed by atoms with Gasteiger partial charge in [-0.25, -0.2) is 4.68 Å². The molecule has 1 aliphatic carbocycles. The number of piperazine rings is 1. The van der Waals surface area contributed by atoms with Crippen LogP contribution < -0.4 is 0 Å². The Hall–Kier alpha value is -2.18. The Morgan fingerprint density at radius 1 is 1.08 bits per heavy atom. The van der Waals surface area contributed by atoms with Crippen LogP contribution in [0.15, 0.2) is 30.3 Å². The van der Waals surface area contributed by atoms with Crippen molar-refractivity contribution in [2.75, 3.05) is 32.8 Å². The van der Waals surface area contributed by atoms with Gasteiger partial charge in [-0.1, -0.05) is 18.2 Å². The van der Waals surface area contributed by atoms with Gasteiger partial charge in [-0.2, -0.15) is 5.10 Å². The van der Waals surface area contributed by atoms with E-state index in [2.05, 4.69) is 33.8 Å². The minimum atomic E-state index is -0.394. The SMILES string of the molecule is O=C(CO)N1CCN(Cc2nn(-c3ccccc3)c3c2CCC3)CC1. The lowest BCUT2D eigenvalue weighted by atomic mass is 10.2. The van der Waals surface area contributed by atoms with Crippen molar-refractivity contribution in [3.05, 3.63) is 47.3 Å². The standard InChI is InChI=1S/C19H24N4O2/c24-14-19(25)22-11-9-21(10-12-22)13-17-16-7-4-8-18(16)23(20-17)15-5-2-1-3-6-15/h1-3,5-6,24H,4,7-14H2. The highest BCUT2D eigenvalue weighted by molar-refractivity contribution is 5.77. The Kier molecular flexibility index (Phi) is 4.55. The van der Waals surface area contributed by atoms with E-state index < -0.39 is 6.61 Å². The molecule has 1 aromatic heterocycles. The molecule has 2 aliphatic rings. The Morgan fingerprint density at radius 2 is 1.84 bits per heavy atom. The van der Waals surface area contributed by atoms with Crippen LogP contribution in [0.25, 0.3) is 5.69 Å². The maximum Gasteiger partial charge on any atom is 0.248 e. The van der Waals surface area contributed by atoms with Gasteiger partial charge in [0.1, 0.15) is 6.61 Å². The minimum absolute atomic E-state index is 0.172. The fourth-order valence-corrected chi connectivity index (χ4v) is 3.89. The number of hydrogen-bond acceptors (Lipinski definition) is 4. The zero-order valence-corrected chi connectivity index (χ0v) is 14.4. The van der Waals surface area contributed by atoms with E-state index in [0.29, 0.717) is 13.1 Å². The number of aliphatic hydroxyl groups excluding tert-OH is 1. The second-order valence-corrected chi connectivity index (χ2v) is 6.79. The summed E-state index contributed by atoms with van der Waals surface area (Å²) in [5.74, 6) is -0.172. The molecule has 25 heavy (non-hydrogen) atoms. The lowest BCUT2D eigenvalue weighted by molar-refractivity contribution is -0.136. The van der Waals surface area contributed by atoms with Crippen LogP contribution in [-0.2, 0) is 24.2 Å². The quantitative estimate of drug-likeness (QED) is 0.902. The van der Waals surface area contributed by atoms with Crippen molar-refractivity contribution >= 4 is 5.91 Å². The molecule has 132 valence electrons. The van der Waals surface area contributed by atoms with Crippen molar-refractivity contribution < 1.29 is 9.90 Å². The highest BCUT2D eigenvalue weighted by atomic mass is 16.3. The fraction of sp³-hybridized carbons (Fsp3) is 0.474. The van der Waals surface area contributed by atoms with Crippen molar-refractivity contribution in [3.63, 3.8) is 0 Å². The molecule has 2 aromatic rings. The third-order valence-electron chi connectivity index (χ3n) is 5.25. The first kappa shape index (κ1) is 16.3.